The van der Waals surface area contributed by atoms with E-state index in [1.165, 1.54) is 83.0 Å². The Hall–Kier alpha value is -4.95. The molecule has 0 unspecified atom stereocenters. The van der Waals surface area contributed by atoms with Gasteiger partial charge in [-0.25, -0.2) is 0 Å². The molecule has 0 aliphatic heterocycles. The van der Waals surface area contributed by atoms with Gasteiger partial charge in [0, 0.05) is 33.6 Å². The smallest absolute Gasteiger partial charge is 0.0702 e. The summed E-state index contributed by atoms with van der Waals surface area (Å²) < 4.78 is 0. The normalized spacial score (nSPS) is 12.6. The van der Waals surface area contributed by atoms with Gasteiger partial charge in [-0.05, 0) is 146 Å². The van der Waals surface area contributed by atoms with E-state index >= 15 is 0 Å². The summed E-state index contributed by atoms with van der Waals surface area (Å²) in [5.74, 6) is 0. The molecule has 0 saturated heterocycles. The van der Waals surface area contributed by atoms with E-state index in [0.717, 1.165) is 11.3 Å². The first kappa shape index (κ1) is 34.5. The Kier molecular flexibility index (Phi) is 8.37. The fourth-order valence-electron chi connectivity index (χ4n) is 7.36. The zero-order chi connectivity index (χ0) is 36.5. The molecule has 0 aliphatic carbocycles. The SMILES string of the molecule is Cc1cc(C)c(-c2cc(C(C)(C)C)cc3c2[nH]c2ccc(C(C)(C)C)cc23)cc1-c1cc(-c2ccc(C(C)(C)C)cc2)cc(-c2ccccn2)c1. The lowest BCUT2D eigenvalue weighted by Crippen LogP contribution is -2.11. The van der Waals surface area contributed by atoms with Crippen LogP contribution in [0.1, 0.15) is 90.1 Å². The van der Waals surface area contributed by atoms with Crippen molar-refractivity contribution in [2.24, 2.45) is 0 Å². The van der Waals surface area contributed by atoms with Gasteiger partial charge in [0.2, 0.25) is 0 Å². The molecular weight excluding hydrogens is 617 g/mol. The van der Waals surface area contributed by atoms with Gasteiger partial charge in [-0.2, -0.15) is 0 Å². The number of nitrogens with one attached hydrogen (secondary N) is 1. The van der Waals surface area contributed by atoms with Crippen LogP contribution in [-0.4, -0.2) is 9.97 Å². The van der Waals surface area contributed by atoms with Crippen molar-refractivity contribution in [3.8, 4) is 44.6 Å². The molecule has 0 saturated carbocycles. The highest BCUT2D eigenvalue weighted by molar-refractivity contribution is 6.13. The number of rotatable bonds is 4. The van der Waals surface area contributed by atoms with Gasteiger partial charge < -0.3 is 4.98 Å². The van der Waals surface area contributed by atoms with E-state index in [2.05, 4.69) is 178 Å². The van der Waals surface area contributed by atoms with Gasteiger partial charge in [0.25, 0.3) is 0 Å². The molecule has 0 fully saturated rings. The van der Waals surface area contributed by atoms with Crippen molar-refractivity contribution in [2.45, 2.75) is 92.4 Å². The number of aromatic nitrogens is 2. The van der Waals surface area contributed by atoms with Crippen molar-refractivity contribution in [1.29, 1.82) is 0 Å². The second-order valence-corrected chi connectivity index (χ2v) is 17.7. The summed E-state index contributed by atoms with van der Waals surface area (Å²) in [6, 6.07) is 38.8. The lowest BCUT2D eigenvalue weighted by Gasteiger charge is -2.22. The van der Waals surface area contributed by atoms with E-state index in [9.17, 15) is 0 Å². The van der Waals surface area contributed by atoms with Crippen LogP contribution in [0.2, 0.25) is 0 Å². The number of fused-ring (bicyclic) bond motifs is 3. The van der Waals surface area contributed by atoms with Gasteiger partial charge in [0.1, 0.15) is 0 Å². The van der Waals surface area contributed by atoms with Gasteiger partial charge in [0.05, 0.1) is 11.2 Å². The predicted molar refractivity (Wildman–Crippen MR) is 221 cm³/mol. The molecule has 0 radical (unpaired) electrons. The minimum absolute atomic E-state index is 0.00986. The van der Waals surface area contributed by atoms with E-state index in [0.29, 0.717) is 0 Å². The van der Waals surface area contributed by atoms with Crippen LogP contribution < -0.4 is 0 Å². The maximum absolute atomic E-state index is 4.77. The van der Waals surface area contributed by atoms with Crippen LogP contribution in [0, 0.1) is 13.8 Å². The number of aromatic amines is 1. The van der Waals surface area contributed by atoms with Crippen LogP contribution in [0.4, 0.5) is 0 Å². The van der Waals surface area contributed by atoms with Gasteiger partial charge in [-0.15, -0.1) is 0 Å². The first-order valence-electron chi connectivity index (χ1n) is 18.4. The maximum atomic E-state index is 4.77. The summed E-state index contributed by atoms with van der Waals surface area (Å²) >= 11 is 0. The highest BCUT2D eigenvalue weighted by Crippen LogP contribution is 2.43. The number of benzene rings is 5. The molecule has 0 amide bonds. The monoisotopic (exact) mass is 668 g/mol. The van der Waals surface area contributed by atoms with Gasteiger partial charge >= 0.3 is 0 Å². The Balaban J connectivity index is 1.46. The van der Waals surface area contributed by atoms with Crippen LogP contribution in [-0.2, 0) is 16.2 Å². The lowest BCUT2D eigenvalue weighted by molar-refractivity contribution is 0.590. The van der Waals surface area contributed by atoms with Crippen molar-refractivity contribution >= 4 is 21.8 Å². The lowest BCUT2D eigenvalue weighted by atomic mass is 9.82. The quantitative estimate of drug-likeness (QED) is 0.199. The number of pyridine rings is 1. The molecular formula is C49H52N2. The summed E-state index contributed by atoms with van der Waals surface area (Å²) in [7, 11) is 0. The molecule has 2 nitrogen and oxygen atoms in total. The van der Waals surface area contributed by atoms with E-state index in [4.69, 9.17) is 4.98 Å². The zero-order valence-electron chi connectivity index (χ0n) is 32.3. The van der Waals surface area contributed by atoms with Crippen LogP contribution in [0.25, 0.3) is 66.4 Å². The summed E-state index contributed by atoms with van der Waals surface area (Å²) in [6.07, 6.45) is 1.88. The van der Waals surface area contributed by atoms with Crippen molar-refractivity contribution in [3.05, 3.63) is 137 Å². The van der Waals surface area contributed by atoms with Crippen molar-refractivity contribution in [1.82, 2.24) is 9.97 Å². The highest BCUT2D eigenvalue weighted by atomic mass is 14.7. The van der Waals surface area contributed by atoms with Crippen molar-refractivity contribution < 1.29 is 0 Å². The molecule has 258 valence electrons. The molecule has 0 spiro atoms. The minimum atomic E-state index is -0.00986. The minimum Gasteiger partial charge on any atom is -0.354 e. The van der Waals surface area contributed by atoms with Crippen LogP contribution in [0.15, 0.2) is 109 Å². The molecule has 1 N–H and O–H groups in total. The van der Waals surface area contributed by atoms with Crippen molar-refractivity contribution in [3.63, 3.8) is 0 Å². The summed E-state index contributed by atoms with van der Waals surface area (Å²) in [6.45, 7) is 25.1. The molecule has 0 bridgehead atoms. The molecule has 2 heteroatoms. The Morgan fingerprint density at radius 1 is 0.451 bits per heavy atom. The Labute approximate surface area is 305 Å². The van der Waals surface area contributed by atoms with Crippen LogP contribution in [0.5, 0.6) is 0 Å². The Morgan fingerprint density at radius 3 is 1.71 bits per heavy atom. The van der Waals surface area contributed by atoms with E-state index in [-0.39, 0.29) is 16.2 Å². The molecule has 5 aromatic carbocycles. The van der Waals surface area contributed by atoms with Gasteiger partial charge in [0.15, 0.2) is 0 Å². The topological polar surface area (TPSA) is 28.7 Å². The second-order valence-electron chi connectivity index (χ2n) is 17.7. The van der Waals surface area contributed by atoms with E-state index in [1.54, 1.807) is 0 Å². The molecule has 0 atom stereocenters. The predicted octanol–water partition coefficient (Wildman–Crippen LogP) is 13.9. The number of nitrogens with zero attached hydrogens (tertiary/aromatic N) is 1. The Bertz CT molecular complexity index is 2400. The standard InChI is InChI=1S/C49H52N2/c1-30-22-31(2)40(42-27-38(49(9,10)11)28-43-41-26-37(48(6,7)8)19-20-45(41)51-46(42)43)29-39(30)34-23-33(24-35(25-34)44-14-12-13-21-50-44)32-15-17-36(18-16-32)47(3,4)5/h12-29,51H,1-11H3. The fraction of sp³-hybridized carbons (Fsp3) is 0.286. The first-order chi connectivity index (χ1) is 24.0. The molecule has 51 heavy (non-hydrogen) atoms. The van der Waals surface area contributed by atoms with Crippen LogP contribution in [0.3, 0.4) is 0 Å². The zero-order valence-corrected chi connectivity index (χ0v) is 32.3. The molecule has 2 heterocycles. The first-order valence-corrected chi connectivity index (χ1v) is 18.4. The number of hydrogen-bond acceptors (Lipinski definition) is 1. The Morgan fingerprint density at radius 2 is 1.06 bits per heavy atom. The van der Waals surface area contributed by atoms with Crippen molar-refractivity contribution in [2.75, 3.05) is 0 Å². The average Bonchev–Trinajstić information content (AvgIpc) is 3.45. The average molecular weight is 669 g/mol. The molecule has 7 rings (SSSR count). The highest BCUT2D eigenvalue weighted by Gasteiger charge is 2.23. The third-order valence-corrected chi connectivity index (χ3v) is 10.6. The van der Waals surface area contributed by atoms with E-state index in [1.807, 2.05) is 12.3 Å². The molecule has 7 aromatic rings. The third-order valence-electron chi connectivity index (χ3n) is 10.6. The van der Waals surface area contributed by atoms with Gasteiger partial charge in [-0.1, -0.05) is 105 Å². The van der Waals surface area contributed by atoms with Gasteiger partial charge in [-0.3, -0.25) is 4.98 Å². The number of H-pyrrole nitrogens is 1. The molecule has 2 aromatic heterocycles. The maximum Gasteiger partial charge on any atom is 0.0702 e. The largest absolute Gasteiger partial charge is 0.354 e. The summed E-state index contributed by atoms with van der Waals surface area (Å²) in [4.78, 5) is 8.64. The second kappa shape index (κ2) is 12.4. The summed E-state index contributed by atoms with van der Waals surface area (Å²) in [5, 5.41) is 2.58. The number of aryl methyl sites for hydroxylation is 2. The molecule has 0 aliphatic rings. The van der Waals surface area contributed by atoms with E-state index < -0.39 is 0 Å². The fourth-order valence-corrected chi connectivity index (χ4v) is 7.36. The van der Waals surface area contributed by atoms with Crippen LogP contribution >= 0.6 is 0 Å². The number of hydrogen-bond donors (Lipinski definition) is 1. The third kappa shape index (κ3) is 6.65. The summed E-state index contributed by atoms with van der Waals surface area (Å²) in [5.41, 5.74) is 18.5.